The van der Waals surface area contributed by atoms with Crippen molar-refractivity contribution in [2.45, 2.75) is 12.8 Å². The van der Waals surface area contributed by atoms with Gasteiger partial charge in [0.05, 0.1) is 6.61 Å². The van der Waals surface area contributed by atoms with Crippen LogP contribution in [0.3, 0.4) is 0 Å². The highest BCUT2D eigenvalue weighted by molar-refractivity contribution is 7.13. The molecule has 2 N–H and O–H groups in total. The number of nitrogens with two attached hydrogens (primary N) is 1. The lowest BCUT2D eigenvalue weighted by Gasteiger charge is -2.32. The van der Waals surface area contributed by atoms with Crippen LogP contribution in [0.2, 0.25) is 0 Å². The maximum Gasteiger partial charge on any atom is 0.268 e. The van der Waals surface area contributed by atoms with Gasteiger partial charge in [-0.15, -0.1) is 11.3 Å². The summed E-state index contributed by atoms with van der Waals surface area (Å²) in [5.41, 5.74) is 5.56. The van der Waals surface area contributed by atoms with Gasteiger partial charge < -0.3 is 15.4 Å². The molecule has 7 heteroatoms. The topological polar surface area (TPSA) is 68.5 Å². The maximum atomic E-state index is 12.9. The number of amides is 1. The molecule has 1 amide bonds. The first-order chi connectivity index (χ1) is 11.1. The van der Waals surface area contributed by atoms with Gasteiger partial charge in [0.1, 0.15) is 17.3 Å². The number of ether oxygens (including phenoxy) is 1. The second-order valence-corrected chi connectivity index (χ2v) is 6.44. The van der Waals surface area contributed by atoms with Gasteiger partial charge in [-0.2, -0.15) is 0 Å². The van der Waals surface area contributed by atoms with Crippen LogP contribution in [-0.4, -0.2) is 30.6 Å². The number of primary amides is 1. The third kappa shape index (κ3) is 3.98. The normalized spacial score (nSPS) is 18.0. The van der Waals surface area contributed by atoms with Gasteiger partial charge in [0.15, 0.2) is 5.13 Å². The molecule has 23 heavy (non-hydrogen) atoms. The zero-order valence-corrected chi connectivity index (χ0v) is 13.4. The molecule has 1 fully saturated rings. The van der Waals surface area contributed by atoms with E-state index in [-0.39, 0.29) is 5.82 Å². The second-order valence-electron chi connectivity index (χ2n) is 5.60. The highest BCUT2D eigenvalue weighted by Gasteiger charge is 2.23. The number of carbonyl (C=O) groups is 1. The Balaban J connectivity index is 1.57. The SMILES string of the molecule is NC(=O)c1csc(N2CCC[C@H](COc3ccc(F)cc3)C2)n1. The Kier molecular flexibility index (Phi) is 4.76. The number of nitrogens with zero attached hydrogens (tertiary/aromatic N) is 2. The minimum absolute atomic E-state index is 0.268. The largest absolute Gasteiger partial charge is 0.493 e. The molecule has 2 heterocycles. The van der Waals surface area contributed by atoms with E-state index in [0.717, 1.165) is 31.1 Å². The number of rotatable bonds is 5. The second kappa shape index (κ2) is 6.95. The highest BCUT2D eigenvalue weighted by atomic mass is 32.1. The monoisotopic (exact) mass is 335 g/mol. The van der Waals surface area contributed by atoms with E-state index in [1.54, 1.807) is 17.5 Å². The van der Waals surface area contributed by atoms with Crippen LogP contribution in [0.25, 0.3) is 0 Å². The van der Waals surface area contributed by atoms with E-state index >= 15 is 0 Å². The van der Waals surface area contributed by atoms with Gasteiger partial charge in [-0.25, -0.2) is 9.37 Å². The van der Waals surface area contributed by atoms with E-state index in [1.807, 2.05) is 0 Å². The lowest BCUT2D eigenvalue weighted by atomic mass is 9.99. The summed E-state index contributed by atoms with van der Waals surface area (Å²) in [4.78, 5) is 17.6. The Morgan fingerprint density at radius 1 is 1.43 bits per heavy atom. The Morgan fingerprint density at radius 3 is 2.91 bits per heavy atom. The van der Waals surface area contributed by atoms with Gasteiger partial charge in [-0.3, -0.25) is 4.79 Å². The van der Waals surface area contributed by atoms with Crippen molar-refractivity contribution in [3.63, 3.8) is 0 Å². The van der Waals surface area contributed by atoms with Gasteiger partial charge in [0.2, 0.25) is 0 Å². The minimum Gasteiger partial charge on any atom is -0.493 e. The maximum absolute atomic E-state index is 12.9. The number of anilines is 1. The van der Waals surface area contributed by atoms with Gasteiger partial charge in [0.25, 0.3) is 5.91 Å². The third-order valence-electron chi connectivity index (χ3n) is 3.83. The zero-order chi connectivity index (χ0) is 16.2. The van der Waals surface area contributed by atoms with Crippen molar-refractivity contribution in [1.82, 2.24) is 4.98 Å². The number of thiazole rings is 1. The zero-order valence-electron chi connectivity index (χ0n) is 12.6. The molecule has 1 aliphatic rings. The minimum atomic E-state index is -0.499. The van der Waals surface area contributed by atoms with Crippen molar-refractivity contribution in [1.29, 1.82) is 0 Å². The lowest BCUT2D eigenvalue weighted by Crippen LogP contribution is -2.37. The number of halogens is 1. The van der Waals surface area contributed by atoms with Crippen LogP contribution < -0.4 is 15.4 Å². The molecule has 2 aromatic rings. The van der Waals surface area contributed by atoms with Gasteiger partial charge in [-0.05, 0) is 37.1 Å². The Bertz CT molecular complexity index is 674. The Morgan fingerprint density at radius 2 is 2.22 bits per heavy atom. The van der Waals surface area contributed by atoms with Gasteiger partial charge in [-0.1, -0.05) is 0 Å². The summed E-state index contributed by atoms with van der Waals surface area (Å²) in [5.74, 6) is 0.277. The summed E-state index contributed by atoms with van der Waals surface area (Å²) < 4.78 is 18.6. The standard InChI is InChI=1S/C16H18FN3O2S/c17-12-3-5-13(6-4-12)22-9-11-2-1-7-20(8-11)16-19-14(10-23-16)15(18)21/h3-6,10-11H,1-2,7-9H2,(H2,18,21)/t11-/m0/s1. The van der Waals surface area contributed by atoms with E-state index in [2.05, 4.69) is 9.88 Å². The number of aromatic nitrogens is 1. The number of piperidine rings is 1. The molecule has 122 valence electrons. The Labute approximate surface area is 137 Å². The molecule has 1 aromatic heterocycles. The predicted octanol–water partition coefficient (Wildman–Crippen LogP) is 2.68. The molecule has 1 aliphatic heterocycles. The Hall–Kier alpha value is -2.15. The van der Waals surface area contributed by atoms with Crippen LogP contribution in [0.1, 0.15) is 23.3 Å². The van der Waals surface area contributed by atoms with Crippen LogP contribution >= 0.6 is 11.3 Å². The number of hydrogen-bond acceptors (Lipinski definition) is 5. The van der Waals surface area contributed by atoms with Crippen molar-refractivity contribution in [2.75, 3.05) is 24.6 Å². The van der Waals surface area contributed by atoms with Crippen LogP contribution in [0.4, 0.5) is 9.52 Å². The molecule has 1 saturated heterocycles. The number of carbonyl (C=O) groups excluding carboxylic acids is 1. The number of hydrogen-bond donors (Lipinski definition) is 1. The molecular formula is C16H18FN3O2S. The smallest absolute Gasteiger partial charge is 0.268 e. The van der Waals surface area contributed by atoms with Crippen molar-refractivity contribution in [3.8, 4) is 5.75 Å². The van der Waals surface area contributed by atoms with Crippen LogP contribution in [0.5, 0.6) is 5.75 Å². The summed E-state index contributed by atoms with van der Waals surface area (Å²) in [6, 6.07) is 6.05. The number of benzene rings is 1. The first-order valence-electron chi connectivity index (χ1n) is 7.50. The van der Waals surface area contributed by atoms with E-state index < -0.39 is 5.91 Å². The summed E-state index contributed by atoms with van der Waals surface area (Å²) in [6.07, 6.45) is 2.12. The molecule has 0 saturated carbocycles. The van der Waals surface area contributed by atoms with Crippen molar-refractivity contribution >= 4 is 22.4 Å². The van der Waals surface area contributed by atoms with Gasteiger partial charge in [0, 0.05) is 24.4 Å². The summed E-state index contributed by atoms with van der Waals surface area (Å²) in [6.45, 7) is 2.32. The lowest BCUT2D eigenvalue weighted by molar-refractivity contribution is 0.0996. The van der Waals surface area contributed by atoms with Crippen LogP contribution in [0.15, 0.2) is 29.6 Å². The van der Waals surface area contributed by atoms with E-state index in [0.29, 0.717) is 24.0 Å². The highest BCUT2D eigenvalue weighted by Crippen LogP contribution is 2.26. The fraction of sp³-hybridized carbons (Fsp3) is 0.375. The molecule has 5 nitrogen and oxygen atoms in total. The van der Waals surface area contributed by atoms with Crippen LogP contribution in [-0.2, 0) is 0 Å². The fourth-order valence-electron chi connectivity index (χ4n) is 2.64. The summed E-state index contributed by atoms with van der Waals surface area (Å²) in [5, 5.41) is 2.52. The molecule has 3 rings (SSSR count). The van der Waals surface area contributed by atoms with Crippen LogP contribution in [0, 0.1) is 11.7 Å². The van der Waals surface area contributed by atoms with Crippen molar-refractivity contribution in [3.05, 3.63) is 41.2 Å². The van der Waals surface area contributed by atoms with E-state index in [9.17, 15) is 9.18 Å². The molecule has 1 atom stereocenters. The first kappa shape index (κ1) is 15.7. The average Bonchev–Trinajstić information content (AvgIpc) is 3.05. The molecule has 0 unspecified atom stereocenters. The molecule has 0 aliphatic carbocycles. The molecule has 0 bridgehead atoms. The quantitative estimate of drug-likeness (QED) is 0.912. The summed E-state index contributed by atoms with van der Waals surface area (Å²) >= 11 is 1.43. The first-order valence-corrected chi connectivity index (χ1v) is 8.38. The predicted molar refractivity (Wildman–Crippen MR) is 87.5 cm³/mol. The molecule has 1 aromatic carbocycles. The van der Waals surface area contributed by atoms with Gasteiger partial charge >= 0.3 is 0 Å². The third-order valence-corrected chi connectivity index (χ3v) is 4.73. The fourth-order valence-corrected chi connectivity index (χ4v) is 3.49. The molecular weight excluding hydrogens is 317 g/mol. The van der Waals surface area contributed by atoms with E-state index in [1.165, 1.54) is 23.5 Å². The average molecular weight is 335 g/mol. The molecule has 0 radical (unpaired) electrons. The van der Waals surface area contributed by atoms with Crippen molar-refractivity contribution in [2.24, 2.45) is 11.7 Å². The van der Waals surface area contributed by atoms with E-state index in [4.69, 9.17) is 10.5 Å². The van der Waals surface area contributed by atoms with Crippen molar-refractivity contribution < 1.29 is 13.9 Å². The molecule has 0 spiro atoms. The summed E-state index contributed by atoms with van der Waals surface area (Å²) in [7, 11) is 0.